The molecular formula is C19H24N2O2. The zero-order chi connectivity index (χ0) is 16.7. The van der Waals surface area contributed by atoms with Crippen molar-refractivity contribution in [2.24, 2.45) is 0 Å². The molecule has 4 nitrogen and oxygen atoms in total. The van der Waals surface area contributed by atoms with Crippen LogP contribution in [-0.2, 0) is 11.3 Å². The summed E-state index contributed by atoms with van der Waals surface area (Å²) in [6, 6.07) is 13.3. The van der Waals surface area contributed by atoms with E-state index < -0.39 is 0 Å². The summed E-state index contributed by atoms with van der Waals surface area (Å²) >= 11 is 0. The highest BCUT2D eigenvalue weighted by molar-refractivity contribution is 5.76. The van der Waals surface area contributed by atoms with Gasteiger partial charge in [0.25, 0.3) is 0 Å². The topological polar surface area (TPSA) is 51.1 Å². The van der Waals surface area contributed by atoms with Crippen molar-refractivity contribution in [3.63, 3.8) is 0 Å². The molecule has 1 atom stereocenters. The minimum absolute atomic E-state index is 0.00741. The van der Waals surface area contributed by atoms with Gasteiger partial charge in [-0.05, 0) is 36.5 Å². The molecule has 23 heavy (non-hydrogen) atoms. The zero-order valence-electron chi connectivity index (χ0n) is 13.8. The summed E-state index contributed by atoms with van der Waals surface area (Å²) in [5, 5.41) is 2.94. The van der Waals surface area contributed by atoms with Crippen LogP contribution in [0.2, 0.25) is 0 Å². The van der Waals surface area contributed by atoms with E-state index in [1.165, 1.54) is 11.1 Å². The predicted octanol–water partition coefficient (Wildman–Crippen LogP) is 2.86. The van der Waals surface area contributed by atoms with Gasteiger partial charge in [-0.15, -0.1) is 0 Å². The van der Waals surface area contributed by atoms with Gasteiger partial charge in [-0.1, -0.05) is 37.3 Å². The van der Waals surface area contributed by atoms with Gasteiger partial charge in [-0.2, -0.15) is 0 Å². The smallest absolute Gasteiger partial charge is 0.250 e. The third-order valence-corrected chi connectivity index (χ3v) is 4.01. The molecule has 0 saturated heterocycles. The van der Waals surface area contributed by atoms with Crippen LogP contribution in [0, 0.1) is 6.92 Å². The first-order valence-electron chi connectivity index (χ1n) is 8.05. The number of hydrogen-bond donors (Lipinski definition) is 1. The van der Waals surface area contributed by atoms with Crippen LogP contribution in [0.15, 0.2) is 53.5 Å². The van der Waals surface area contributed by atoms with Gasteiger partial charge < -0.3 is 9.88 Å². The monoisotopic (exact) mass is 312 g/mol. The molecule has 0 aliphatic heterocycles. The third-order valence-electron chi connectivity index (χ3n) is 4.01. The number of rotatable bonds is 7. The normalized spacial score (nSPS) is 11.9. The number of pyridine rings is 1. The SMILES string of the molecule is Cc1ccccc1[C@@H](C)CC(=O)NCCCn1ccccc1=O. The minimum atomic E-state index is -0.00741. The van der Waals surface area contributed by atoms with Gasteiger partial charge in [-0.25, -0.2) is 0 Å². The molecule has 1 N–H and O–H groups in total. The number of amides is 1. The van der Waals surface area contributed by atoms with Gasteiger partial charge in [0.2, 0.25) is 11.5 Å². The van der Waals surface area contributed by atoms with Crippen LogP contribution in [0.3, 0.4) is 0 Å². The number of carbonyl (C=O) groups is 1. The van der Waals surface area contributed by atoms with Crippen molar-refractivity contribution in [1.82, 2.24) is 9.88 Å². The Morgan fingerprint density at radius 1 is 1.17 bits per heavy atom. The van der Waals surface area contributed by atoms with Crippen molar-refractivity contribution >= 4 is 5.91 Å². The first-order valence-corrected chi connectivity index (χ1v) is 8.05. The van der Waals surface area contributed by atoms with Crippen LogP contribution >= 0.6 is 0 Å². The summed E-state index contributed by atoms with van der Waals surface area (Å²) < 4.78 is 1.65. The summed E-state index contributed by atoms with van der Waals surface area (Å²) in [5.41, 5.74) is 2.43. The number of nitrogens with one attached hydrogen (secondary N) is 1. The molecule has 0 unspecified atom stereocenters. The maximum absolute atomic E-state index is 12.0. The van der Waals surface area contributed by atoms with Crippen LogP contribution in [0.25, 0.3) is 0 Å². The van der Waals surface area contributed by atoms with Gasteiger partial charge >= 0.3 is 0 Å². The highest BCUT2D eigenvalue weighted by Crippen LogP contribution is 2.21. The average molecular weight is 312 g/mol. The lowest BCUT2D eigenvalue weighted by Crippen LogP contribution is -2.27. The number of nitrogens with zero attached hydrogens (tertiary/aromatic N) is 1. The lowest BCUT2D eigenvalue weighted by Gasteiger charge is -2.14. The largest absolute Gasteiger partial charge is 0.356 e. The number of benzene rings is 1. The average Bonchev–Trinajstić information content (AvgIpc) is 2.53. The fourth-order valence-corrected chi connectivity index (χ4v) is 2.72. The molecular weight excluding hydrogens is 288 g/mol. The molecule has 1 aromatic heterocycles. The van der Waals surface area contributed by atoms with Crippen molar-refractivity contribution in [3.05, 3.63) is 70.1 Å². The number of aryl methyl sites for hydroxylation is 2. The fraction of sp³-hybridized carbons (Fsp3) is 0.368. The molecule has 0 aliphatic carbocycles. The standard InChI is InChI=1S/C19H24N2O2/c1-15-8-3-4-9-17(15)16(2)14-18(22)20-11-7-13-21-12-6-5-10-19(21)23/h3-6,8-10,12,16H,7,11,13-14H2,1-2H3,(H,20,22)/t16-/m0/s1. The zero-order valence-corrected chi connectivity index (χ0v) is 13.8. The molecule has 122 valence electrons. The molecule has 0 fully saturated rings. The minimum Gasteiger partial charge on any atom is -0.356 e. The maximum atomic E-state index is 12.0. The number of hydrogen-bond acceptors (Lipinski definition) is 2. The maximum Gasteiger partial charge on any atom is 0.250 e. The molecule has 2 rings (SSSR count). The van der Waals surface area contributed by atoms with Crippen molar-refractivity contribution in [3.8, 4) is 0 Å². The summed E-state index contributed by atoms with van der Waals surface area (Å²) in [6.45, 7) is 5.35. The van der Waals surface area contributed by atoms with Gasteiger partial charge in [0.15, 0.2) is 0 Å². The Morgan fingerprint density at radius 2 is 1.91 bits per heavy atom. The molecule has 0 radical (unpaired) electrons. The number of aromatic nitrogens is 1. The summed E-state index contributed by atoms with van der Waals surface area (Å²) in [5.74, 6) is 0.258. The molecule has 0 bridgehead atoms. The lowest BCUT2D eigenvalue weighted by molar-refractivity contribution is -0.121. The summed E-state index contributed by atoms with van der Waals surface area (Å²) in [4.78, 5) is 23.6. The van der Waals surface area contributed by atoms with Crippen LogP contribution in [0.4, 0.5) is 0 Å². The van der Waals surface area contributed by atoms with Crippen LogP contribution in [0.5, 0.6) is 0 Å². The highest BCUT2D eigenvalue weighted by atomic mass is 16.1. The van der Waals surface area contributed by atoms with Gasteiger partial charge in [0.05, 0.1) is 0 Å². The lowest BCUT2D eigenvalue weighted by atomic mass is 9.93. The van der Waals surface area contributed by atoms with E-state index in [1.807, 2.05) is 18.2 Å². The fourth-order valence-electron chi connectivity index (χ4n) is 2.72. The molecule has 0 aliphatic rings. The molecule has 4 heteroatoms. The van der Waals surface area contributed by atoms with Crippen molar-refractivity contribution in [2.45, 2.75) is 39.2 Å². The Morgan fingerprint density at radius 3 is 2.65 bits per heavy atom. The molecule has 0 spiro atoms. The van der Waals surface area contributed by atoms with Crippen molar-refractivity contribution < 1.29 is 4.79 Å². The van der Waals surface area contributed by atoms with Gasteiger partial charge in [0.1, 0.15) is 0 Å². The highest BCUT2D eigenvalue weighted by Gasteiger charge is 2.12. The summed E-state index contributed by atoms with van der Waals surface area (Å²) in [7, 11) is 0. The third kappa shape index (κ3) is 5.09. The molecule has 1 amide bonds. The predicted molar refractivity (Wildman–Crippen MR) is 92.5 cm³/mol. The van der Waals surface area contributed by atoms with E-state index in [-0.39, 0.29) is 17.4 Å². The van der Waals surface area contributed by atoms with Crippen molar-refractivity contribution in [2.75, 3.05) is 6.54 Å². The van der Waals surface area contributed by atoms with Crippen LogP contribution in [-0.4, -0.2) is 17.0 Å². The first-order chi connectivity index (χ1) is 11.1. The Balaban J connectivity index is 1.74. The van der Waals surface area contributed by atoms with E-state index in [9.17, 15) is 9.59 Å². The second-order valence-corrected chi connectivity index (χ2v) is 5.90. The van der Waals surface area contributed by atoms with E-state index in [0.29, 0.717) is 19.5 Å². The summed E-state index contributed by atoms with van der Waals surface area (Å²) in [6.07, 6.45) is 2.99. The molecule has 1 heterocycles. The molecule has 2 aromatic rings. The van der Waals surface area contributed by atoms with E-state index in [0.717, 1.165) is 6.42 Å². The quantitative estimate of drug-likeness (QED) is 0.799. The Bertz CT molecular complexity index is 706. The van der Waals surface area contributed by atoms with Gasteiger partial charge in [0, 0.05) is 31.8 Å². The van der Waals surface area contributed by atoms with Crippen LogP contribution < -0.4 is 10.9 Å². The Hall–Kier alpha value is -2.36. The van der Waals surface area contributed by atoms with Gasteiger partial charge in [-0.3, -0.25) is 9.59 Å². The van der Waals surface area contributed by atoms with E-state index in [2.05, 4.69) is 31.3 Å². The van der Waals surface area contributed by atoms with Crippen LogP contribution in [0.1, 0.15) is 36.8 Å². The van der Waals surface area contributed by atoms with E-state index in [4.69, 9.17) is 0 Å². The second kappa shape index (κ2) is 8.32. The van der Waals surface area contributed by atoms with E-state index >= 15 is 0 Å². The second-order valence-electron chi connectivity index (χ2n) is 5.90. The Labute approximate surface area is 137 Å². The Kier molecular flexibility index (Phi) is 6.15. The molecule has 0 saturated carbocycles. The number of carbonyl (C=O) groups excluding carboxylic acids is 1. The first kappa shape index (κ1) is 17.0. The van der Waals surface area contributed by atoms with Crippen molar-refractivity contribution in [1.29, 1.82) is 0 Å². The van der Waals surface area contributed by atoms with E-state index in [1.54, 1.807) is 22.9 Å². The molecule has 1 aromatic carbocycles.